The van der Waals surface area contributed by atoms with Gasteiger partial charge in [-0.2, -0.15) is 0 Å². The summed E-state index contributed by atoms with van der Waals surface area (Å²) in [5, 5.41) is 3.52. The van der Waals surface area contributed by atoms with Crippen LogP contribution >= 0.6 is 0 Å². The number of hydrogen-bond donors (Lipinski definition) is 1. The first-order valence-corrected chi connectivity index (χ1v) is 6.99. The van der Waals surface area contributed by atoms with Crippen LogP contribution in [0.4, 0.5) is 0 Å². The smallest absolute Gasteiger partial charge is 0.0349 e. The molecule has 0 amide bonds. The van der Waals surface area contributed by atoms with Crippen molar-refractivity contribution in [3.63, 3.8) is 0 Å². The summed E-state index contributed by atoms with van der Waals surface area (Å²) in [5.41, 5.74) is 0. The SMILES string of the molecule is CN1CC2CNCCN2CC1C1CCCC1. The van der Waals surface area contributed by atoms with Gasteiger partial charge in [-0.05, 0) is 25.8 Å². The minimum absolute atomic E-state index is 0.774. The van der Waals surface area contributed by atoms with Gasteiger partial charge in [-0.15, -0.1) is 0 Å². The Morgan fingerprint density at radius 3 is 2.75 bits per heavy atom. The summed E-state index contributed by atoms with van der Waals surface area (Å²) in [6.45, 7) is 6.25. The van der Waals surface area contributed by atoms with Gasteiger partial charge in [-0.3, -0.25) is 4.90 Å². The van der Waals surface area contributed by atoms with E-state index in [0.717, 1.165) is 18.0 Å². The van der Waals surface area contributed by atoms with Crippen molar-refractivity contribution in [3.05, 3.63) is 0 Å². The molecule has 0 aromatic rings. The fourth-order valence-corrected chi connectivity index (χ4v) is 3.92. The maximum atomic E-state index is 3.52. The zero-order valence-electron chi connectivity index (χ0n) is 10.5. The van der Waals surface area contributed by atoms with Gasteiger partial charge in [-0.25, -0.2) is 0 Å². The number of hydrogen-bond acceptors (Lipinski definition) is 3. The van der Waals surface area contributed by atoms with E-state index in [1.54, 1.807) is 0 Å². The molecule has 0 aromatic heterocycles. The highest BCUT2D eigenvalue weighted by Crippen LogP contribution is 2.32. The average Bonchev–Trinajstić information content (AvgIpc) is 2.81. The van der Waals surface area contributed by atoms with Gasteiger partial charge in [0, 0.05) is 44.8 Å². The van der Waals surface area contributed by atoms with Crippen LogP contribution in [0.15, 0.2) is 0 Å². The number of piperazine rings is 2. The van der Waals surface area contributed by atoms with E-state index in [2.05, 4.69) is 22.2 Å². The van der Waals surface area contributed by atoms with E-state index in [1.165, 1.54) is 58.4 Å². The van der Waals surface area contributed by atoms with E-state index in [9.17, 15) is 0 Å². The maximum Gasteiger partial charge on any atom is 0.0349 e. The lowest BCUT2D eigenvalue weighted by atomic mass is 9.92. The first-order chi connectivity index (χ1) is 7.84. The summed E-state index contributed by atoms with van der Waals surface area (Å²) in [6.07, 6.45) is 5.90. The monoisotopic (exact) mass is 223 g/mol. The van der Waals surface area contributed by atoms with Crippen LogP contribution in [0.1, 0.15) is 25.7 Å². The first-order valence-electron chi connectivity index (χ1n) is 6.99. The Labute approximate surface area is 99.2 Å². The van der Waals surface area contributed by atoms with E-state index < -0.39 is 0 Å². The van der Waals surface area contributed by atoms with E-state index in [4.69, 9.17) is 0 Å². The molecule has 2 aliphatic heterocycles. The van der Waals surface area contributed by atoms with Crippen molar-refractivity contribution < 1.29 is 0 Å². The number of nitrogens with zero attached hydrogens (tertiary/aromatic N) is 2. The third-order valence-corrected chi connectivity index (χ3v) is 4.90. The van der Waals surface area contributed by atoms with Gasteiger partial charge in [0.15, 0.2) is 0 Å². The molecule has 3 rings (SSSR count). The highest BCUT2D eigenvalue weighted by molar-refractivity contribution is 4.94. The van der Waals surface area contributed by atoms with Crippen LogP contribution in [0.2, 0.25) is 0 Å². The lowest BCUT2D eigenvalue weighted by Crippen LogP contribution is -2.64. The second-order valence-electron chi connectivity index (χ2n) is 5.90. The molecule has 2 heterocycles. The van der Waals surface area contributed by atoms with Crippen molar-refractivity contribution in [3.8, 4) is 0 Å². The number of nitrogens with one attached hydrogen (secondary N) is 1. The number of likely N-dealkylation sites (N-methyl/N-ethyl adjacent to an activating group) is 1. The minimum atomic E-state index is 0.774. The molecule has 3 aliphatic rings. The summed E-state index contributed by atoms with van der Waals surface area (Å²) in [6, 6.07) is 1.62. The maximum absolute atomic E-state index is 3.52. The van der Waals surface area contributed by atoms with Gasteiger partial charge >= 0.3 is 0 Å². The molecule has 0 aromatic carbocycles. The Morgan fingerprint density at radius 2 is 1.94 bits per heavy atom. The van der Waals surface area contributed by atoms with Crippen LogP contribution in [0, 0.1) is 5.92 Å². The number of rotatable bonds is 1. The summed E-state index contributed by atoms with van der Waals surface area (Å²) in [5.74, 6) is 0.987. The van der Waals surface area contributed by atoms with Crippen LogP contribution in [-0.4, -0.2) is 61.7 Å². The molecule has 16 heavy (non-hydrogen) atoms. The molecule has 0 bridgehead atoms. The van der Waals surface area contributed by atoms with Crippen molar-refractivity contribution in [1.82, 2.24) is 15.1 Å². The third-order valence-electron chi connectivity index (χ3n) is 4.90. The molecule has 1 saturated carbocycles. The molecule has 2 atom stereocenters. The van der Waals surface area contributed by atoms with Gasteiger partial charge < -0.3 is 10.2 Å². The lowest BCUT2D eigenvalue weighted by Gasteiger charge is -2.49. The molecular weight excluding hydrogens is 198 g/mol. The molecule has 1 N–H and O–H groups in total. The van der Waals surface area contributed by atoms with E-state index in [1.807, 2.05) is 0 Å². The normalized spacial score (nSPS) is 38.8. The molecule has 2 saturated heterocycles. The van der Waals surface area contributed by atoms with Crippen molar-refractivity contribution in [2.45, 2.75) is 37.8 Å². The second-order valence-corrected chi connectivity index (χ2v) is 5.90. The zero-order chi connectivity index (χ0) is 11.0. The van der Waals surface area contributed by atoms with Crippen LogP contribution in [0.25, 0.3) is 0 Å². The summed E-state index contributed by atoms with van der Waals surface area (Å²) < 4.78 is 0. The molecule has 3 nitrogen and oxygen atoms in total. The van der Waals surface area contributed by atoms with Crippen LogP contribution < -0.4 is 5.32 Å². The second kappa shape index (κ2) is 4.63. The number of fused-ring (bicyclic) bond motifs is 1. The average molecular weight is 223 g/mol. The predicted molar refractivity (Wildman–Crippen MR) is 66.6 cm³/mol. The van der Waals surface area contributed by atoms with Crippen LogP contribution in [-0.2, 0) is 0 Å². The Hall–Kier alpha value is -0.120. The minimum Gasteiger partial charge on any atom is -0.314 e. The molecule has 0 spiro atoms. The Balaban J connectivity index is 1.66. The Kier molecular flexibility index (Phi) is 3.18. The van der Waals surface area contributed by atoms with Crippen molar-refractivity contribution in [2.24, 2.45) is 5.92 Å². The summed E-state index contributed by atoms with van der Waals surface area (Å²) in [7, 11) is 2.34. The zero-order valence-corrected chi connectivity index (χ0v) is 10.5. The summed E-state index contributed by atoms with van der Waals surface area (Å²) in [4.78, 5) is 5.38. The Bertz CT molecular complexity index is 237. The van der Waals surface area contributed by atoms with E-state index >= 15 is 0 Å². The predicted octanol–water partition coefficient (Wildman–Crippen LogP) is 0.764. The van der Waals surface area contributed by atoms with Gasteiger partial charge in [0.25, 0.3) is 0 Å². The molecule has 2 unspecified atom stereocenters. The molecular formula is C13H25N3. The van der Waals surface area contributed by atoms with Gasteiger partial charge in [-0.1, -0.05) is 12.8 Å². The van der Waals surface area contributed by atoms with Crippen LogP contribution in [0.5, 0.6) is 0 Å². The standard InChI is InChI=1S/C13H25N3/c1-15-9-12-8-14-6-7-16(12)10-13(15)11-4-2-3-5-11/h11-14H,2-10H2,1H3. The van der Waals surface area contributed by atoms with Gasteiger partial charge in [0.05, 0.1) is 0 Å². The molecule has 3 fully saturated rings. The molecule has 0 radical (unpaired) electrons. The highest BCUT2D eigenvalue weighted by atomic mass is 15.3. The van der Waals surface area contributed by atoms with E-state index in [-0.39, 0.29) is 0 Å². The van der Waals surface area contributed by atoms with E-state index in [0.29, 0.717) is 0 Å². The van der Waals surface area contributed by atoms with Gasteiger partial charge in [0.2, 0.25) is 0 Å². The van der Waals surface area contributed by atoms with Crippen molar-refractivity contribution in [1.29, 1.82) is 0 Å². The Morgan fingerprint density at radius 1 is 1.12 bits per heavy atom. The lowest BCUT2D eigenvalue weighted by molar-refractivity contribution is 0.00852. The quantitative estimate of drug-likeness (QED) is 0.708. The van der Waals surface area contributed by atoms with Crippen LogP contribution in [0.3, 0.4) is 0 Å². The van der Waals surface area contributed by atoms with Crippen molar-refractivity contribution in [2.75, 3.05) is 39.8 Å². The van der Waals surface area contributed by atoms with Gasteiger partial charge in [0.1, 0.15) is 0 Å². The first kappa shape index (κ1) is 11.0. The summed E-state index contributed by atoms with van der Waals surface area (Å²) >= 11 is 0. The molecule has 92 valence electrons. The van der Waals surface area contributed by atoms with Crippen molar-refractivity contribution >= 4 is 0 Å². The fraction of sp³-hybridized carbons (Fsp3) is 1.00. The molecule has 3 heteroatoms. The highest BCUT2D eigenvalue weighted by Gasteiger charge is 2.37. The largest absolute Gasteiger partial charge is 0.314 e. The molecule has 1 aliphatic carbocycles. The third kappa shape index (κ3) is 2.01. The fourth-order valence-electron chi connectivity index (χ4n) is 3.92. The topological polar surface area (TPSA) is 18.5 Å².